The molecule has 10 heteroatoms. The highest BCUT2D eigenvalue weighted by molar-refractivity contribution is 7.99. The first kappa shape index (κ1) is 24.4. The van der Waals surface area contributed by atoms with Crippen molar-refractivity contribution < 1.29 is 13.2 Å². The van der Waals surface area contributed by atoms with Crippen LogP contribution < -0.4 is 5.32 Å². The maximum Gasteiger partial charge on any atom is 0.243 e. The second kappa shape index (κ2) is 10.3. The molecule has 1 fully saturated rings. The molecule has 0 bridgehead atoms. The summed E-state index contributed by atoms with van der Waals surface area (Å²) in [6.07, 6.45) is 2.20. The second-order valence-corrected chi connectivity index (χ2v) is 11.0. The molecule has 0 spiro atoms. The Morgan fingerprint density at radius 3 is 2.47 bits per heavy atom. The molecule has 3 aromatic rings. The Labute approximate surface area is 204 Å². The van der Waals surface area contributed by atoms with E-state index in [4.69, 9.17) is 0 Å². The molecule has 1 aliphatic rings. The summed E-state index contributed by atoms with van der Waals surface area (Å²) in [5, 5.41) is 12.2. The fourth-order valence-electron chi connectivity index (χ4n) is 3.79. The topological polar surface area (TPSA) is 97.2 Å². The number of carbonyl (C=O) groups excluding carboxylic acids is 1. The maximum absolute atomic E-state index is 13.0. The predicted octanol–water partition coefficient (Wildman–Crippen LogP) is 4.21. The number of benzene rings is 2. The minimum absolute atomic E-state index is 0.127. The quantitative estimate of drug-likeness (QED) is 0.420. The van der Waals surface area contributed by atoms with Crippen LogP contribution >= 0.6 is 11.8 Å². The van der Waals surface area contributed by atoms with E-state index in [2.05, 4.69) is 15.5 Å². The average molecular weight is 500 g/mol. The lowest BCUT2D eigenvalue weighted by Gasteiger charge is -2.20. The number of aryl methyl sites for hydroxylation is 1. The number of para-hydroxylation sites is 1. The van der Waals surface area contributed by atoms with Crippen molar-refractivity contribution in [2.45, 2.75) is 49.6 Å². The van der Waals surface area contributed by atoms with Gasteiger partial charge in [0.1, 0.15) is 5.82 Å². The van der Waals surface area contributed by atoms with Crippen LogP contribution in [0, 0.1) is 6.92 Å². The van der Waals surface area contributed by atoms with E-state index in [1.54, 1.807) is 19.1 Å². The summed E-state index contributed by atoms with van der Waals surface area (Å²) >= 11 is 1.31. The Hall–Kier alpha value is -2.69. The van der Waals surface area contributed by atoms with E-state index < -0.39 is 10.0 Å². The van der Waals surface area contributed by atoms with Gasteiger partial charge < -0.3 is 5.32 Å². The lowest BCUT2D eigenvalue weighted by molar-refractivity contribution is -0.113. The number of nitrogens with zero attached hydrogens (tertiary/aromatic N) is 4. The molecule has 1 aliphatic carbocycles. The predicted molar refractivity (Wildman–Crippen MR) is 134 cm³/mol. The second-order valence-electron chi connectivity index (χ2n) is 8.19. The number of nitrogens with one attached hydrogen (secondary N) is 1. The third-order valence-corrected chi connectivity index (χ3v) is 8.86. The molecular formula is C24H29N5O3S2. The summed E-state index contributed by atoms with van der Waals surface area (Å²) in [6.45, 7) is 6.14. The van der Waals surface area contributed by atoms with E-state index in [1.807, 2.05) is 48.7 Å². The SMILES string of the molecule is CCN(CC)S(=O)(=O)c1cc(NC(=O)CSc2nnc(C3CC3)n2-c2ccccc2)ccc1C. The number of rotatable bonds is 10. The first-order valence-electron chi connectivity index (χ1n) is 11.4. The van der Waals surface area contributed by atoms with Gasteiger partial charge in [0, 0.05) is 30.4 Å². The van der Waals surface area contributed by atoms with Crippen LogP contribution in [-0.2, 0) is 14.8 Å². The van der Waals surface area contributed by atoms with Crippen molar-refractivity contribution in [2.24, 2.45) is 0 Å². The van der Waals surface area contributed by atoms with Gasteiger partial charge in [-0.05, 0) is 49.6 Å². The van der Waals surface area contributed by atoms with Crippen molar-refractivity contribution in [1.82, 2.24) is 19.1 Å². The molecule has 1 saturated carbocycles. The minimum atomic E-state index is -3.63. The zero-order valence-electron chi connectivity index (χ0n) is 19.6. The number of carbonyl (C=O) groups is 1. The first-order chi connectivity index (χ1) is 16.3. The zero-order chi connectivity index (χ0) is 24.3. The molecule has 0 saturated heterocycles. The lowest BCUT2D eigenvalue weighted by atomic mass is 10.2. The highest BCUT2D eigenvalue weighted by Gasteiger charge is 2.31. The molecular weight excluding hydrogens is 470 g/mol. The van der Waals surface area contributed by atoms with Crippen molar-refractivity contribution in [3.63, 3.8) is 0 Å². The van der Waals surface area contributed by atoms with E-state index in [0.717, 1.165) is 24.4 Å². The molecule has 1 N–H and O–H groups in total. The number of aromatic nitrogens is 3. The van der Waals surface area contributed by atoms with E-state index in [0.29, 0.717) is 35.4 Å². The lowest BCUT2D eigenvalue weighted by Crippen LogP contribution is -2.31. The smallest absolute Gasteiger partial charge is 0.243 e. The van der Waals surface area contributed by atoms with Crippen molar-refractivity contribution in [3.8, 4) is 5.69 Å². The number of sulfonamides is 1. The van der Waals surface area contributed by atoms with Gasteiger partial charge in [0.15, 0.2) is 5.16 Å². The van der Waals surface area contributed by atoms with Gasteiger partial charge in [0.25, 0.3) is 0 Å². The monoisotopic (exact) mass is 499 g/mol. The van der Waals surface area contributed by atoms with Gasteiger partial charge in [-0.15, -0.1) is 10.2 Å². The molecule has 0 atom stereocenters. The van der Waals surface area contributed by atoms with Gasteiger partial charge in [0.2, 0.25) is 15.9 Å². The Kier molecular flexibility index (Phi) is 7.39. The zero-order valence-corrected chi connectivity index (χ0v) is 21.2. The summed E-state index contributed by atoms with van der Waals surface area (Å²) in [5.74, 6) is 1.23. The molecule has 180 valence electrons. The molecule has 0 radical (unpaired) electrons. The molecule has 0 aliphatic heterocycles. The van der Waals surface area contributed by atoms with Gasteiger partial charge in [-0.25, -0.2) is 8.42 Å². The van der Waals surface area contributed by atoms with Crippen LogP contribution in [0.5, 0.6) is 0 Å². The summed E-state index contributed by atoms with van der Waals surface area (Å²) in [7, 11) is -3.63. The van der Waals surface area contributed by atoms with Crippen molar-refractivity contribution >= 4 is 33.4 Å². The molecule has 1 heterocycles. The Morgan fingerprint density at radius 2 is 1.82 bits per heavy atom. The van der Waals surface area contributed by atoms with Crippen molar-refractivity contribution in [3.05, 3.63) is 59.9 Å². The fourth-order valence-corrected chi connectivity index (χ4v) is 6.25. The molecule has 8 nitrogen and oxygen atoms in total. The van der Waals surface area contributed by atoms with Gasteiger partial charge in [-0.2, -0.15) is 4.31 Å². The van der Waals surface area contributed by atoms with Crippen LogP contribution in [0.25, 0.3) is 5.69 Å². The normalized spacial score (nSPS) is 13.9. The Balaban J connectivity index is 1.49. The largest absolute Gasteiger partial charge is 0.325 e. The molecule has 4 rings (SSSR count). The Bertz CT molecular complexity index is 1270. The molecule has 34 heavy (non-hydrogen) atoms. The van der Waals surface area contributed by atoms with Crippen LogP contribution in [0.15, 0.2) is 58.6 Å². The third kappa shape index (κ3) is 5.18. The summed E-state index contributed by atoms with van der Waals surface area (Å²) in [6, 6.07) is 14.9. The van der Waals surface area contributed by atoms with Crippen molar-refractivity contribution in [1.29, 1.82) is 0 Å². The summed E-state index contributed by atoms with van der Waals surface area (Å²) in [5.41, 5.74) is 2.06. The first-order valence-corrected chi connectivity index (χ1v) is 13.8. The van der Waals surface area contributed by atoms with Crippen LogP contribution in [0.1, 0.15) is 44.0 Å². The van der Waals surface area contributed by atoms with Gasteiger partial charge >= 0.3 is 0 Å². The van der Waals surface area contributed by atoms with Crippen LogP contribution in [0.4, 0.5) is 5.69 Å². The number of amides is 1. The number of hydrogen-bond acceptors (Lipinski definition) is 6. The molecule has 2 aromatic carbocycles. The van der Waals surface area contributed by atoms with E-state index >= 15 is 0 Å². The molecule has 1 aromatic heterocycles. The number of anilines is 1. The average Bonchev–Trinajstić information content (AvgIpc) is 3.59. The minimum Gasteiger partial charge on any atom is -0.325 e. The van der Waals surface area contributed by atoms with E-state index in [9.17, 15) is 13.2 Å². The Morgan fingerprint density at radius 1 is 1.12 bits per heavy atom. The van der Waals surface area contributed by atoms with E-state index in [1.165, 1.54) is 22.1 Å². The van der Waals surface area contributed by atoms with Crippen LogP contribution in [0.3, 0.4) is 0 Å². The summed E-state index contributed by atoms with van der Waals surface area (Å²) in [4.78, 5) is 12.9. The van der Waals surface area contributed by atoms with E-state index in [-0.39, 0.29) is 16.6 Å². The van der Waals surface area contributed by atoms with Gasteiger partial charge in [-0.1, -0.05) is 49.9 Å². The number of hydrogen-bond donors (Lipinski definition) is 1. The third-order valence-electron chi connectivity index (χ3n) is 5.74. The fraction of sp³-hybridized carbons (Fsp3) is 0.375. The van der Waals surface area contributed by atoms with Crippen LogP contribution in [0.2, 0.25) is 0 Å². The number of thioether (sulfide) groups is 1. The molecule has 0 unspecified atom stereocenters. The highest BCUT2D eigenvalue weighted by Crippen LogP contribution is 2.41. The van der Waals surface area contributed by atoms with Gasteiger partial charge in [0.05, 0.1) is 10.6 Å². The van der Waals surface area contributed by atoms with Crippen LogP contribution in [-0.4, -0.2) is 52.2 Å². The summed E-state index contributed by atoms with van der Waals surface area (Å²) < 4.78 is 29.4. The molecule has 1 amide bonds. The highest BCUT2D eigenvalue weighted by atomic mass is 32.2. The standard InChI is InChI=1S/C24H29N5O3S2/c1-4-28(5-2)34(31,32)21-15-19(14-11-17(21)3)25-22(30)16-33-24-27-26-23(18-12-13-18)29(24)20-9-7-6-8-10-20/h6-11,14-15,18H,4-5,12-13,16H2,1-3H3,(H,25,30). The maximum atomic E-state index is 13.0. The van der Waals surface area contributed by atoms with Gasteiger partial charge in [-0.3, -0.25) is 9.36 Å². The van der Waals surface area contributed by atoms with Crippen molar-refractivity contribution in [2.75, 3.05) is 24.2 Å².